The number of hydrogen-bond acceptors (Lipinski definition) is 4. The lowest BCUT2D eigenvalue weighted by molar-refractivity contribution is -0.124. The van der Waals surface area contributed by atoms with Gasteiger partial charge >= 0.3 is 5.97 Å². The predicted molar refractivity (Wildman–Crippen MR) is 60.8 cm³/mol. The average Bonchev–Trinajstić information content (AvgIpc) is 2.58. The molecule has 1 aliphatic rings. The smallest absolute Gasteiger partial charge is 0.335 e. The van der Waals surface area contributed by atoms with Crippen molar-refractivity contribution < 1.29 is 19.5 Å². The Morgan fingerprint density at radius 1 is 1.41 bits per heavy atom. The number of rotatable bonds is 3. The number of carboxylic acid groups (broad SMARTS) is 1. The molecular weight excluding hydrogens is 242 g/mol. The van der Waals surface area contributed by atoms with E-state index in [0.717, 1.165) is 0 Å². The number of benzene rings is 1. The summed E-state index contributed by atoms with van der Waals surface area (Å²) < 4.78 is 0. The van der Waals surface area contributed by atoms with Gasteiger partial charge in [0.2, 0.25) is 11.8 Å². The summed E-state index contributed by atoms with van der Waals surface area (Å²) in [6.07, 6.45) is 0.140. The second-order valence-corrected chi connectivity index (χ2v) is 4.83. The monoisotopic (exact) mass is 251 g/mol. The highest BCUT2D eigenvalue weighted by Crippen LogP contribution is 2.28. The Morgan fingerprint density at radius 2 is 2.18 bits per heavy atom. The van der Waals surface area contributed by atoms with E-state index in [1.165, 1.54) is 23.9 Å². The molecule has 0 bridgehead atoms. The molecule has 0 spiro atoms. The van der Waals surface area contributed by atoms with Crippen LogP contribution in [0.1, 0.15) is 16.8 Å². The summed E-state index contributed by atoms with van der Waals surface area (Å²) in [5, 5.41) is 10.6. The van der Waals surface area contributed by atoms with Gasteiger partial charge in [0.15, 0.2) is 0 Å². The molecule has 17 heavy (non-hydrogen) atoms. The topological polar surface area (TPSA) is 83.5 Å². The number of carbonyl (C=O) groups excluding carboxylic acids is 2. The van der Waals surface area contributed by atoms with Crippen LogP contribution in [-0.4, -0.2) is 28.1 Å². The summed E-state index contributed by atoms with van der Waals surface area (Å²) in [4.78, 5) is 33.8. The summed E-state index contributed by atoms with van der Waals surface area (Å²) in [5.74, 6) is -1.62. The van der Waals surface area contributed by atoms with Crippen LogP contribution in [0.3, 0.4) is 0 Å². The average molecular weight is 251 g/mol. The molecule has 1 aromatic carbocycles. The zero-order valence-electron chi connectivity index (χ0n) is 8.67. The quantitative estimate of drug-likeness (QED) is 0.779. The summed E-state index contributed by atoms with van der Waals surface area (Å²) >= 11 is 1.20. The number of imide groups is 1. The van der Waals surface area contributed by atoms with Crippen LogP contribution in [0.2, 0.25) is 0 Å². The van der Waals surface area contributed by atoms with Crippen LogP contribution in [0.25, 0.3) is 0 Å². The number of thioether (sulfide) groups is 1. The molecule has 1 unspecified atom stereocenters. The Balaban J connectivity index is 2.13. The number of amides is 2. The molecule has 5 nitrogen and oxygen atoms in total. The van der Waals surface area contributed by atoms with Crippen LogP contribution in [-0.2, 0) is 9.59 Å². The van der Waals surface area contributed by atoms with Gasteiger partial charge in [-0.25, -0.2) is 4.79 Å². The van der Waals surface area contributed by atoms with Crippen molar-refractivity contribution in [2.45, 2.75) is 16.6 Å². The molecule has 1 aliphatic heterocycles. The first-order valence-corrected chi connectivity index (χ1v) is 5.78. The summed E-state index contributed by atoms with van der Waals surface area (Å²) in [7, 11) is 0. The Hall–Kier alpha value is -1.82. The second-order valence-electron chi connectivity index (χ2n) is 3.56. The van der Waals surface area contributed by atoms with E-state index >= 15 is 0 Å². The fourth-order valence-corrected chi connectivity index (χ4v) is 2.57. The molecule has 88 valence electrons. The minimum absolute atomic E-state index is 0.140. The normalized spacial score (nSPS) is 19.2. The molecule has 0 aromatic heterocycles. The zero-order valence-corrected chi connectivity index (χ0v) is 9.49. The molecule has 0 radical (unpaired) electrons. The van der Waals surface area contributed by atoms with E-state index in [1.807, 2.05) is 0 Å². The third-order valence-corrected chi connectivity index (χ3v) is 3.48. The third-order valence-electron chi connectivity index (χ3n) is 2.29. The molecule has 1 saturated heterocycles. The fourth-order valence-electron chi connectivity index (χ4n) is 1.49. The van der Waals surface area contributed by atoms with E-state index in [-0.39, 0.29) is 23.8 Å². The van der Waals surface area contributed by atoms with Gasteiger partial charge in [-0.3, -0.25) is 14.9 Å². The largest absolute Gasteiger partial charge is 0.478 e. The highest BCUT2D eigenvalue weighted by Gasteiger charge is 2.31. The lowest BCUT2D eigenvalue weighted by Crippen LogP contribution is -2.22. The highest BCUT2D eigenvalue weighted by molar-refractivity contribution is 8.00. The Bertz CT molecular complexity index is 500. The Morgan fingerprint density at radius 3 is 2.76 bits per heavy atom. The van der Waals surface area contributed by atoms with Crippen LogP contribution in [0.5, 0.6) is 0 Å². The lowest BCUT2D eigenvalue weighted by Gasteiger charge is -2.06. The number of hydrogen-bond donors (Lipinski definition) is 2. The van der Waals surface area contributed by atoms with Gasteiger partial charge in [0.25, 0.3) is 0 Å². The van der Waals surface area contributed by atoms with Crippen molar-refractivity contribution in [1.82, 2.24) is 5.32 Å². The van der Waals surface area contributed by atoms with E-state index in [2.05, 4.69) is 5.32 Å². The van der Waals surface area contributed by atoms with Crippen LogP contribution < -0.4 is 5.32 Å². The molecule has 2 rings (SSSR count). The molecule has 0 aliphatic carbocycles. The minimum atomic E-state index is -1.01. The first-order chi connectivity index (χ1) is 8.06. The summed E-state index contributed by atoms with van der Waals surface area (Å²) in [6, 6.07) is 6.29. The van der Waals surface area contributed by atoms with Gasteiger partial charge in [-0.15, -0.1) is 11.8 Å². The molecule has 1 atom stereocenters. The first-order valence-electron chi connectivity index (χ1n) is 4.90. The number of carbonyl (C=O) groups is 3. The number of carboxylic acids is 1. The van der Waals surface area contributed by atoms with Gasteiger partial charge in [-0.1, -0.05) is 6.07 Å². The maximum Gasteiger partial charge on any atom is 0.335 e. The van der Waals surface area contributed by atoms with Gasteiger partial charge in [0.1, 0.15) is 0 Å². The van der Waals surface area contributed by atoms with Gasteiger partial charge in [-0.05, 0) is 18.2 Å². The second kappa shape index (κ2) is 4.58. The lowest BCUT2D eigenvalue weighted by atomic mass is 10.2. The van der Waals surface area contributed by atoms with Crippen molar-refractivity contribution in [3.63, 3.8) is 0 Å². The van der Waals surface area contributed by atoms with Crippen molar-refractivity contribution in [2.24, 2.45) is 0 Å². The van der Waals surface area contributed by atoms with Gasteiger partial charge in [0, 0.05) is 11.3 Å². The van der Waals surface area contributed by atoms with E-state index in [9.17, 15) is 14.4 Å². The molecule has 2 N–H and O–H groups in total. The Kier molecular flexibility index (Phi) is 3.14. The van der Waals surface area contributed by atoms with E-state index in [1.54, 1.807) is 12.1 Å². The maximum absolute atomic E-state index is 11.3. The summed E-state index contributed by atoms with van der Waals surface area (Å²) in [6.45, 7) is 0. The minimum Gasteiger partial charge on any atom is -0.478 e. The highest BCUT2D eigenvalue weighted by atomic mass is 32.2. The van der Waals surface area contributed by atoms with Crippen LogP contribution in [0.4, 0.5) is 0 Å². The maximum atomic E-state index is 11.3. The predicted octanol–water partition coefficient (Wildman–Crippen LogP) is 0.892. The van der Waals surface area contributed by atoms with Gasteiger partial charge < -0.3 is 5.11 Å². The van der Waals surface area contributed by atoms with E-state index in [0.29, 0.717) is 4.90 Å². The van der Waals surface area contributed by atoms with Crippen molar-refractivity contribution in [3.8, 4) is 0 Å². The number of aromatic carboxylic acids is 1. The van der Waals surface area contributed by atoms with E-state index < -0.39 is 11.2 Å². The van der Waals surface area contributed by atoms with Gasteiger partial charge in [-0.2, -0.15) is 0 Å². The zero-order chi connectivity index (χ0) is 12.4. The van der Waals surface area contributed by atoms with Crippen LogP contribution >= 0.6 is 11.8 Å². The first kappa shape index (κ1) is 11.7. The molecular formula is C11H9NO4S. The molecule has 1 heterocycles. The van der Waals surface area contributed by atoms with E-state index in [4.69, 9.17) is 5.11 Å². The van der Waals surface area contributed by atoms with Crippen molar-refractivity contribution in [1.29, 1.82) is 0 Å². The molecule has 6 heteroatoms. The van der Waals surface area contributed by atoms with Crippen LogP contribution in [0, 0.1) is 0 Å². The summed E-state index contributed by atoms with van der Waals surface area (Å²) in [5.41, 5.74) is 0.166. The Labute approximate surface area is 101 Å². The molecule has 1 fully saturated rings. The molecule has 1 aromatic rings. The molecule has 0 saturated carbocycles. The number of nitrogens with one attached hydrogen (secondary N) is 1. The van der Waals surface area contributed by atoms with Crippen molar-refractivity contribution >= 4 is 29.5 Å². The van der Waals surface area contributed by atoms with Crippen molar-refractivity contribution in [3.05, 3.63) is 29.8 Å². The fraction of sp³-hybridized carbons (Fsp3) is 0.182. The van der Waals surface area contributed by atoms with Crippen LogP contribution in [0.15, 0.2) is 29.2 Å². The third kappa shape index (κ3) is 2.65. The van der Waals surface area contributed by atoms with Gasteiger partial charge in [0.05, 0.1) is 10.8 Å². The SMILES string of the molecule is O=C1CC(Sc2cccc(C(=O)O)c2)C(=O)N1. The molecule has 2 amide bonds. The van der Waals surface area contributed by atoms with Crippen molar-refractivity contribution in [2.75, 3.05) is 0 Å². The standard InChI is InChI=1S/C11H9NO4S/c13-9-5-8(10(14)12-9)17-7-3-1-2-6(4-7)11(15)16/h1-4,8H,5H2,(H,15,16)(H,12,13,14).